The lowest BCUT2D eigenvalue weighted by Gasteiger charge is -1.89. The van der Waals surface area contributed by atoms with Crippen molar-refractivity contribution in [2.24, 2.45) is 7.05 Å². The third-order valence-corrected chi connectivity index (χ3v) is 1.51. The SMILES string of the molecule is Cn1cnnc1S(=O)O. The molecule has 1 heterocycles. The molecule has 0 bridgehead atoms. The van der Waals surface area contributed by atoms with Crippen molar-refractivity contribution in [1.82, 2.24) is 14.8 Å². The van der Waals surface area contributed by atoms with Crippen molar-refractivity contribution >= 4 is 11.1 Å². The fourth-order valence-corrected chi connectivity index (χ4v) is 0.841. The van der Waals surface area contributed by atoms with Crippen LogP contribution in [-0.4, -0.2) is 23.5 Å². The van der Waals surface area contributed by atoms with Gasteiger partial charge in [-0.2, -0.15) is 0 Å². The Morgan fingerprint density at radius 2 is 2.56 bits per heavy atom. The summed E-state index contributed by atoms with van der Waals surface area (Å²) in [7, 11) is 1.60. The molecule has 0 saturated heterocycles. The van der Waals surface area contributed by atoms with E-state index in [2.05, 4.69) is 10.2 Å². The molecular weight excluding hydrogens is 142 g/mol. The first-order chi connectivity index (χ1) is 4.22. The predicted molar refractivity (Wildman–Crippen MR) is 30.0 cm³/mol. The topological polar surface area (TPSA) is 68.0 Å². The molecule has 0 aliphatic carbocycles. The summed E-state index contributed by atoms with van der Waals surface area (Å²) in [5, 5.41) is 6.85. The standard InChI is InChI=1S/C3H5N3O2S/c1-6-2-4-5-3(6)9(7)8/h2H,1H3,(H,7,8). The molecule has 50 valence electrons. The van der Waals surface area contributed by atoms with Gasteiger partial charge in [0.2, 0.25) is 16.2 Å². The van der Waals surface area contributed by atoms with Gasteiger partial charge in [-0.1, -0.05) is 0 Å². The van der Waals surface area contributed by atoms with Crippen LogP contribution in [0.3, 0.4) is 0 Å². The molecule has 0 radical (unpaired) electrons. The van der Waals surface area contributed by atoms with Crippen LogP contribution in [0.1, 0.15) is 0 Å². The average molecular weight is 147 g/mol. The fourth-order valence-electron chi connectivity index (χ4n) is 0.431. The van der Waals surface area contributed by atoms with Crippen molar-refractivity contribution in [2.45, 2.75) is 5.16 Å². The van der Waals surface area contributed by atoms with E-state index in [0.29, 0.717) is 0 Å². The van der Waals surface area contributed by atoms with Crippen molar-refractivity contribution in [1.29, 1.82) is 0 Å². The maximum Gasteiger partial charge on any atom is 0.248 e. The van der Waals surface area contributed by atoms with E-state index in [1.165, 1.54) is 10.9 Å². The van der Waals surface area contributed by atoms with Crippen molar-refractivity contribution in [3.63, 3.8) is 0 Å². The van der Waals surface area contributed by atoms with Gasteiger partial charge in [0.05, 0.1) is 0 Å². The van der Waals surface area contributed by atoms with Crippen LogP contribution in [-0.2, 0) is 18.1 Å². The first-order valence-electron chi connectivity index (χ1n) is 2.16. The molecule has 1 unspecified atom stereocenters. The summed E-state index contributed by atoms with van der Waals surface area (Å²) >= 11 is -2.02. The lowest BCUT2D eigenvalue weighted by molar-refractivity contribution is 0.547. The number of aryl methyl sites for hydroxylation is 1. The highest BCUT2D eigenvalue weighted by molar-refractivity contribution is 7.79. The quantitative estimate of drug-likeness (QED) is 0.538. The molecule has 1 aromatic heterocycles. The zero-order valence-electron chi connectivity index (χ0n) is 4.68. The third kappa shape index (κ3) is 1.14. The summed E-state index contributed by atoms with van der Waals surface area (Å²) < 4.78 is 20.1. The van der Waals surface area contributed by atoms with Crippen LogP contribution in [0.4, 0.5) is 0 Å². The molecule has 0 aliphatic rings. The van der Waals surface area contributed by atoms with Gasteiger partial charge in [0.15, 0.2) is 0 Å². The van der Waals surface area contributed by atoms with E-state index >= 15 is 0 Å². The number of rotatable bonds is 1. The Labute approximate surface area is 54.0 Å². The number of hydrogen-bond donors (Lipinski definition) is 1. The lowest BCUT2D eigenvalue weighted by atomic mass is 11.1. The van der Waals surface area contributed by atoms with Crippen LogP contribution in [0.2, 0.25) is 0 Å². The third-order valence-electron chi connectivity index (χ3n) is 0.826. The van der Waals surface area contributed by atoms with Gasteiger partial charge in [0, 0.05) is 7.05 Å². The van der Waals surface area contributed by atoms with Crippen molar-refractivity contribution in [3.05, 3.63) is 6.33 Å². The van der Waals surface area contributed by atoms with Crippen LogP contribution in [0.5, 0.6) is 0 Å². The summed E-state index contributed by atoms with van der Waals surface area (Å²) in [4.78, 5) is 0. The van der Waals surface area contributed by atoms with Gasteiger partial charge < -0.3 is 4.57 Å². The van der Waals surface area contributed by atoms with Crippen LogP contribution in [0.15, 0.2) is 11.5 Å². The van der Waals surface area contributed by atoms with Gasteiger partial charge in [-0.3, -0.25) is 4.55 Å². The molecule has 5 nitrogen and oxygen atoms in total. The normalized spacial score (nSPS) is 13.6. The first kappa shape index (κ1) is 6.37. The minimum absolute atomic E-state index is 0.0648. The van der Waals surface area contributed by atoms with Gasteiger partial charge in [-0.05, 0) is 0 Å². The molecule has 1 rings (SSSR count). The van der Waals surface area contributed by atoms with Crippen molar-refractivity contribution < 1.29 is 8.76 Å². The van der Waals surface area contributed by atoms with Crippen LogP contribution >= 0.6 is 0 Å². The van der Waals surface area contributed by atoms with E-state index < -0.39 is 11.1 Å². The van der Waals surface area contributed by atoms with E-state index in [0.717, 1.165) is 0 Å². The smallest absolute Gasteiger partial charge is 0.248 e. The molecule has 1 atom stereocenters. The molecule has 0 fully saturated rings. The highest BCUT2D eigenvalue weighted by Crippen LogP contribution is 1.94. The number of nitrogens with zero attached hydrogens (tertiary/aromatic N) is 3. The second-order valence-corrected chi connectivity index (χ2v) is 2.34. The van der Waals surface area contributed by atoms with Gasteiger partial charge in [0.25, 0.3) is 0 Å². The molecule has 0 amide bonds. The Balaban J connectivity index is 3.08. The zero-order chi connectivity index (χ0) is 6.85. The molecule has 9 heavy (non-hydrogen) atoms. The van der Waals surface area contributed by atoms with E-state index in [-0.39, 0.29) is 5.16 Å². The Bertz CT molecular complexity index is 233. The second kappa shape index (κ2) is 2.24. The fraction of sp³-hybridized carbons (Fsp3) is 0.333. The Hall–Kier alpha value is -0.750. The van der Waals surface area contributed by atoms with Crippen molar-refractivity contribution in [3.8, 4) is 0 Å². The first-order valence-corrected chi connectivity index (χ1v) is 3.27. The zero-order valence-corrected chi connectivity index (χ0v) is 5.50. The molecule has 6 heteroatoms. The molecule has 1 N–H and O–H groups in total. The maximum atomic E-state index is 10.3. The molecule has 1 aromatic rings. The van der Waals surface area contributed by atoms with Crippen molar-refractivity contribution in [2.75, 3.05) is 0 Å². The van der Waals surface area contributed by atoms with E-state index in [1.54, 1.807) is 7.05 Å². The average Bonchev–Trinajstić information content (AvgIpc) is 2.13. The summed E-state index contributed by atoms with van der Waals surface area (Å²) in [5.41, 5.74) is 0. The van der Waals surface area contributed by atoms with E-state index in [1.807, 2.05) is 0 Å². The molecule has 0 saturated carbocycles. The van der Waals surface area contributed by atoms with E-state index in [4.69, 9.17) is 4.55 Å². The Morgan fingerprint density at radius 3 is 2.78 bits per heavy atom. The molecule has 0 spiro atoms. The molecule has 0 aliphatic heterocycles. The summed E-state index contributed by atoms with van der Waals surface area (Å²) in [6.45, 7) is 0. The Morgan fingerprint density at radius 1 is 1.89 bits per heavy atom. The number of hydrogen-bond acceptors (Lipinski definition) is 3. The second-order valence-electron chi connectivity index (χ2n) is 1.47. The highest BCUT2D eigenvalue weighted by atomic mass is 32.2. The summed E-state index contributed by atoms with van der Waals surface area (Å²) in [5.74, 6) is 0. The maximum absolute atomic E-state index is 10.3. The van der Waals surface area contributed by atoms with Gasteiger partial charge in [-0.15, -0.1) is 10.2 Å². The minimum Gasteiger partial charge on any atom is -0.308 e. The van der Waals surface area contributed by atoms with Gasteiger partial charge in [-0.25, -0.2) is 4.21 Å². The molecule has 0 aromatic carbocycles. The van der Waals surface area contributed by atoms with Crippen LogP contribution < -0.4 is 0 Å². The van der Waals surface area contributed by atoms with Gasteiger partial charge >= 0.3 is 0 Å². The minimum atomic E-state index is -2.02. The van der Waals surface area contributed by atoms with Crippen LogP contribution in [0.25, 0.3) is 0 Å². The monoisotopic (exact) mass is 147 g/mol. The number of aromatic nitrogens is 3. The predicted octanol–water partition coefficient (Wildman–Crippen LogP) is -0.604. The van der Waals surface area contributed by atoms with E-state index in [9.17, 15) is 4.21 Å². The summed E-state index contributed by atoms with van der Waals surface area (Å²) in [6, 6.07) is 0. The Kier molecular flexibility index (Phi) is 1.58. The highest BCUT2D eigenvalue weighted by Gasteiger charge is 2.04. The molecular formula is C3H5N3O2S. The van der Waals surface area contributed by atoms with Gasteiger partial charge in [0.1, 0.15) is 6.33 Å². The lowest BCUT2D eigenvalue weighted by Crippen LogP contribution is -1.98. The summed E-state index contributed by atoms with van der Waals surface area (Å²) in [6.07, 6.45) is 1.36. The van der Waals surface area contributed by atoms with Crippen LogP contribution in [0, 0.1) is 0 Å². The largest absolute Gasteiger partial charge is 0.308 e.